The maximum absolute atomic E-state index is 6.18. The fourth-order valence-electron chi connectivity index (χ4n) is 2.98. The molecule has 0 unspecified atom stereocenters. The zero-order valence-electron chi connectivity index (χ0n) is 11.7. The largest absolute Gasteiger partial charge is 0.309 e. The molecule has 0 aliphatic carbocycles. The summed E-state index contributed by atoms with van der Waals surface area (Å²) in [6.07, 6.45) is 0. The molecule has 4 aromatic rings. The summed E-state index contributed by atoms with van der Waals surface area (Å²) in [5, 5.41) is 3.31. The van der Waals surface area contributed by atoms with Crippen LogP contribution in [0.3, 0.4) is 0 Å². The highest BCUT2D eigenvalue weighted by molar-refractivity contribution is 6.30. The first-order valence-corrected chi connectivity index (χ1v) is 7.37. The Hall–Kier alpha value is -2.25. The molecule has 1 heterocycles. The lowest BCUT2D eigenvalue weighted by molar-refractivity contribution is 1.18. The molecule has 4 rings (SSSR count). The maximum Gasteiger partial charge on any atom is 0.0541 e. The van der Waals surface area contributed by atoms with Gasteiger partial charge in [0.05, 0.1) is 11.0 Å². The third-order valence-corrected chi connectivity index (χ3v) is 4.13. The van der Waals surface area contributed by atoms with E-state index in [1.807, 2.05) is 18.2 Å². The van der Waals surface area contributed by atoms with Crippen molar-refractivity contribution >= 4 is 33.4 Å². The third-order valence-electron chi connectivity index (χ3n) is 3.89. The van der Waals surface area contributed by atoms with Crippen LogP contribution in [0.4, 0.5) is 0 Å². The number of nitrogens with zero attached hydrogens (tertiary/aromatic N) is 1. The Morgan fingerprint density at radius 2 is 1.57 bits per heavy atom. The van der Waals surface area contributed by atoms with Crippen molar-refractivity contribution in [3.05, 3.63) is 77.3 Å². The van der Waals surface area contributed by atoms with Crippen LogP contribution in [0.2, 0.25) is 5.02 Å². The lowest BCUT2D eigenvalue weighted by Crippen LogP contribution is -1.93. The van der Waals surface area contributed by atoms with Gasteiger partial charge in [-0.3, -0.25) is 0 Å². The Labute approximate surface area is 128 Å². The average molecular weight is 292 g/mol. The molecule has 0 fully saturated rings. The van der Waals surface area contributed by atoms with Crippen LogP contribution in [-0.2, 0) is 0 Å². The minimum absolute atomic E-state index is 0.755. The van der Waals surface area contributed by atoms with Gasteiger partial charge in [-0.05, 0) is 43.3 Å². The van der Waals surface area contributed by atoms with E-state index in [0.717, 1.165) is 10.7 Å². The average Bonchev–Trinajstić information content (AvgIpc) is 2.81. The topological polar surface area (TPSA) is 4.93 Å². The summed E-state index contributed by atoms with van der Waals surface area (Å²) in [5.74, 6) is 0. The molecule has 0 spiro atoms. The van der Waals surface area contributed by atoms with Crippen LogP contribution in [0.25, 0.3) is 27.5 Å². The minimum atomic E-state index is 0.755. The molecular formula is C19H14ClN. The first kappa shape index (κ1) is 12.5. The molecular weight excluding hydrogens is 278 g/mol. The predicted molar refractivity (Wildman–Crippen MR) is 90.5 cm³/mol. The molecule has 0 N–H and O–H groups in total. The lowest BCUT2D eigenvalue weighted by Gasteiger charge is -2.08. The van der Waals surface area contributed by atoms with Crippen LogP contribution in [0.1, 0.15) is 5.56 Å². The summed E-state index contributed by atoms with van der Waals surface area (Å²) in [6, 6.07) is 23.1. The van der Waals surface area contributed by atoms with Crippen LogP contribution in [0.5, 0.6) is 0 Å². The van der Waals surface area contributed by atoms with Gasteiger partial charge in [-0.1, -0.05) is 47.5 Å². The van der Waals surface area contributed by atoms with Crippen LogP contribution in [0.15, 0.2) is 66.7 Å². The molecule has 0 radical (unpaired) electrons. The molecule has 0 amide bonds. The molecule has 0 bridgehead atoms. The Bertz CT molecular complexity index is 966. The number of fused-ring (bicyclic) bond motifs is 3. The SMILES string of the molecule is Cc1ccc2c(c1)c1ccccc1n2-c1cccc(Cl)c1. The molecule has 0 saturated carbocycles. The monoisotopic (exact) mass is 291 g/mol. The van der Waals surface area contributed by atoms with Gasteiger partial charge >= 0.3 is 0 Å². The number of halogens is 1. The number of rotatable bonds is 1. The molecule has 21 heavy (non-hydrogen) atoms. The molecule has 0 saturated heterocycles. The van der Waals surface area contributed by atoms with Crippen molar-refractivity contribution in [1.82, 2.24) is 4.57 Å². The predicted octanol–water partition coefficient (Wildman–Crippen LogP) is 5.75. The normalized spacial score (nSPS) is 11.3. The van der Waals surface area contributed by atoms with Crippen molar-refractivity contribution in [1.29, 1.82) is 0 Å². The highest BCUT2D eigenvalue weighted by atomic mass is 35.5. The molecule has 2 heteroatoms. The van der Waals surface area contributed by atoms with E-state index in [2.05, 4.69) is 60.0 Å². The van der Waals surface area contributed by atoms with Crippen molar-refractivity contribution in [2.75, 3.05) is 0 Å². The van der Waals surface area contributed by atoms with Crippen LogP contribution in [0, 0.1) is 6.92 Å². The van der Waals surface area contributed by atoms with E-state index in [1.54, 1.807) is 0 Å². The van der Waals surface area contributed by atoms with Gasteiger partial charge in [0.2, 0.25) is 0 Å². The summed E-state index contributed by atoms with van der Waals surface area (Å²) >= 11 is 6.18. The van der Waals surface area contributed by atoms with Crippen molar-refractivity contribution < 1.29 is 0 Å². The van der Waals surface area contributed by atoms with E-state index in [1.165, 1.54) is 27.4 Å². The fraction of sp³-hybridized carbons (Fsp3) is 0.0526. The molecule has 3 aromatic carbocycles. The Balaban J connectivity index is 2.20. The van der Waals surface area contributed by atoms with E-state index < -0.39 is 0 Å². The first-order chi connectivity index (χ1) is 10.2. The van der Waals surface area contributed by atoms with Gasteiger partial charge in [-0.25, -0.2) is 0 Å². The molecule has 0 atom stereocenters. The van der Waals surface area contributed by atoms with Gasteiger partial charge in [0.25, 0.3) is 0 Å². The van der Waals surface area contributed by atoms with E-state index in [9.17, 15) is 0 Å². The highest BCUT2D eigenvalue weighted by Gasteiger charge is 2.11. The van der Waals surface area contributed by atoms with Gasteiger partial charge in [0.1, 0.15) is 0 Å². The molecule has 102 valence electrons. The number of benzene rings is 3. The van der Waals surface area contributed by atoms with Crippen molar-refractivity contribution in [3.63, 3.8) is 0 Å². The summed E-state index contributed by atoms with van der Waals surface area (Å²) in [4.78, 5) is 0. The summed E-state index contributed by atoms with van der Waals surface area (Å²) < 4.78 is 2.27. The van der Waals surface area contributed by atoms with E-state index in [-0.39, 0.29) is 0 Å². The molecule has 0 aliphatic rings. The summed E-state index contributed by atoms with van der Waals surface area (Å²) in [7, 11) is 0. The van der Waals surface area contributed by atoms with Crippen LogP contribution < -0.4 is 0 Å². The fourth-order valence-corrected chi connectivity index (χ4v) is 3.16. The van der Waals surface area contributed by atoms with Crippen molar-refractivity contribution in [3.8, 4) is 5.69 Å². The number of hydrogen-bond acceptors (Lipinski definition) is 0. The Morgan fingerprint density at radius 1 is 0.762 bits per heavy atom. The van der Waals surface area contributed by atoms with Crippen LogP contribution in [-0.4, -0.2) is 4.57 Å². The van der Waals surface area contributed by atoms with Gasteiger partial charge in [-0.15, -0.1) is 0 Å². The van der Waals surface area contributed by atoms with Crippen molar-refractivity contribution in [2.45, 2.75) is 6.92 Å². The van der Waals surface area contributed by atoms with E-state index in [0.29, 0.717) is 0 Å². The minimum Gasteiger partial charge on any atom is -0.309 e. The second kappa shape index (κ2) is 4.64. The second-order valence-electron chi connectivity index (χ2n) is 5.35. The first-order valence-electron chi connectivity index (χ1n) is 7.00. The van der Waals surface area contributed by atoms with E-state index in [4.69, 9.17) is 11.6 Å². The van der Waals surface area contributed by atoms with Gasteiger partial charge in [0, 0.05) is 21.5 Å². The quantitative estimate of drug-likeness (QED) is 0.421. The van der Waals surface area contributed by atoms with Crippen LogP contribution >= 0.6 is 11.6 Å². The Kier molecular flexibility index (Phi) is 2.76. The number of para-hydroxylation sites is 1. The Morgan fingerprint density at radius 3 is 2.43 bits per heavy atom. The highest BCUT2D eigenvalue weighted by Crippen LogP contribution is 2.32. The van der Waals surface area contributed by atoms with E-state index >= 15 is 0 Å². The van der Waals surface area contributed by atoms with Gasteiger partial charge < -0.3 is 4.57 Å². The second-order valence-corrected chi connectivity index (χ2v) is 5.79. The zero-order valence-corrected chi connectivity index (χ0v) is 12.4. The van der Waals surface area contributed by atoms with Gasteiger partial charge in [0.15, 0.2) is 0 Å². The number of aryl methyl sites for hydroxylation is 1. The maximum atomic E-state index is 6.18. The third kappa shape index (κ3) is 1.93. The summed E-state index contributed by atoms with van der Waals surface area (Å²) in [6.45, 7) is 2.13. The zero-order chi connectivity index (χ0) is 14.4. The smallest absolute Gasteiger partial charge is 0.0541 e. The summed E-state index contributed by atoms with van der Waals surface area (Å²) in [5.41, 5.74) is 4.79. The molecule has 1 nitrogen and oxygen atoms in total. The number of aromatic nitrogens is 1. The number of hydrogen-bond donors (Lipinski definition) is 0. The lowest BCUT2D eigenvalue weighted by atomic mass is 10.1. The van der Waals surface area contributed by atoms with Crippen molar-refractivity contribution in [2.24, 2.45) is 0 Å². The standard InChI is InChI=1S/C19H14ClN/c1-13-9-10-19-17(11-13)16-7-2-3-8-18(16)21(19)15-6-4-5-14(20)12-15/h2-12H,1H3. The molecule has 0 aliphatic heterocycles. The molecule has 1 aromatic heterocycles. The van der Waals surface area contributed by atoms with Gasteiger partial charge in [-0.2, -0.15) is 0 Å².